The number of thiocarbonyl (C=S) groups is 2. The molecule has 0 saturated heterocycles. The highest BCUT2D eigenvalue weighted by Gasteiger charge is 2.17. The first kappa shape index (κ1) is 15.1. The maximum Gasteiger partial charge on any atom is 0.331 e. The highest BCUT2D eigenvalue weighted by atomic mass is 32.1. The number of carbonyl (C=O) groups excluding carboxylic acids is 1. The van der Waals surface area contributed by atoms with Gasteiger partial charge in [0.1, 0.15) is 0 Å². The van der Waals surface area contributed by atoms with Crippen LogP contribution in [0.5, 0.6) is 0 Å². The molecule has 0 aromatic carbocycles. The van der Waals surface area contributed by atoms with Crippen LogP contribution in [0.4, 0.5) is 0 Å². The molecule has 0 aliphatic carbocycles. The molecule has 1 atom stereocenters. The predicted molar refractivity (Wildman–Crippen MR) is 69.2 cm³/mol. The van der Waals surface area contributed by atoms with Crippen LogP contribution in [0.3, 0.4) is 0 Å². The fraction of sp³-hybridized carbons (Fsp3) is 0.700. The molecule has 0 aliphatic heterocycles. The van der Waals surface area contributed by atoms with Gasteiger partial charge in [0.25, 0.3) is 0 Å². The monoisotopic (exact) mass is 258 g/mol. The summed E-state index contributed by atoms with van der Waals surface area (Å²) in [5, 5.41) is 4.50. The van der Waals surface area contributed by atoms with Crippen LogP contribution >= 0.6 is 24.4 Å². The van der Waals surface area contributed by atoms with Crippen molar-refractivity contribution in [3.05, 3.63) is 0 Å². The standard InChI is InChI=1S/C10H14N2O2S2/c1-2-14-10(13)9(12-8-16)5-3-4-6-11-7-15/h9H,2-6H2,1H3/t9-/m0/s1. The molecule has 0 fully saturated rings. The van der Waals surface area contributed by atoms with Gasteiger partial charge in [-0.1, -0.05) is 0 Å². The van der Waals surface area contributed by atoms with Crippen LogP contribution < -0.4 is 0 Å². The van der Waals surface area contributed by atoms with Gasteiger partial charge in [-0.25, -0.2) is 14.8 Å². The molecule has 0 aromatic heterocycles. The minimum absolute atomic E-state index is 0.345. The number of isothiocyanates is 2. The third-order valence-corrected chi connectivity index (χ3v) is 2.06. The average molecular weight is 258 g/mol. The van der Waals surface area contributed by atoms with E-state index in [1.54, 1.807) is 6.92 Å². The Balaban J connectivity index is 3.98. The Morgan fingerprint density at radius 1 is 1.38 bits per heavy atom. The lowest BCUT2D eigenvalue weighted by Gasteiger charge is -2.08. The zero-order valence-corrected chi connectivity index (χ0v) is 10.8. The van der Waals surface area contributed by atoms with Crippen molar-refractivity contribution >= 4 is 40.7 Å². The second kappa shape index (κ2) is 10.6. The molecule has 0 unspecified atom stereocenters. The molecule has 0 radical (unpaired) electrons. The Hall–Kier alpha value is -0.930. The first-order chi connectivity index (χ1) is 7.76. The topological polar surface area (TPSA) is 51.0 Å². The van der Waals surface area contributed by atoms with Crippen LogP contribution in [0.1, 0.15) is 26.2 Å². The van der Waals surface area contributed by atoms with E-state index < -0.39 is 6.04 Å². The van der Waals surface area contributed by atoms with Gasteiger partial charge in [-0.05, 0) is 50.6 Å². The zero-order valence-electron chi connectivity index (χ0n) is 9.14. The largest absolute Gasteiger partial charge is 0.464 e. The molecule has 6 heteroatoms. The molecule has 0 N–H and O–H groups in total. The Labute approximate surface area is 106 Å². The quantitative estimate of drug-likeness (QED) is 0.290. The van der Waals surface area contributed by atoms with Gasteiger partial charge >= 0.3 is 5.97 Å². The van der Waals surface area contributed by atoms with Gasteiger partial charge in [0.2, 0.25) is 0 Å². The predicted octanol–water partition coefficient (Wildman–Crippen LogP) is 2.29. The minimum atomic E-state index is -0.533. The second-order valence-electron chi connectivity index (χ2n) is 2.96. The summed E-state index contributed by atoms with van der Waals surface area (Å²) in [4.78, 5) is 19.0. The lowest BCUT2D eigenvalue weighted by Crippen LogP contribution is -2.21. The van der Waals surface area contributed by atoms with Crippen LogP contribution in [0, 0.1) is 0 Å². The van der Waals surface area contributed by atoms with E-state index >= 15 is 0 Å². The molecule has 88 valence electrons. The molecule has 0 rings (SSSR count). The van der Waals surface area contributed by atoms with Gasteiger partial charge in [-0.15, -0.1) is 0 Å². The Morgan fingerprint density at radius 3 is 2.69 bits per heavy atom. The van der Waals surface area contributed by atoms with Gasteiger partial charge in [0, 0.05) is 6.54 Å². The van der Waals surface area contributed by atoms with Crippen LogP contribution in [0.2, 0.25) is 0 Å². The molecule has 0 aromatic rings. The molecular weight excluding hydrogens is 244 g/mol. The van der Waals surface area contributed by atoms with Gasteiger partial charge in [0.15, 0.2) is 6.04 Å². The van der Waals surface area contributed by atoms with E-state index in [-0.39, 0.29) is 5.97 Å². The highest BCUT2D eigenvalue weighted by Crippen LogP contribution is 2.06. The number of hydrogen-bond donors (Lipinski definition) is 0. The maximum atomic E-state index is 11.4. The van der Waals surface area contributed by atoms with Gasteiger partial charge in [-0.2, -0.15) is 0 Å². The number of ether oxygens (including phenoxy) is 1. The van der Waals surface area contributed by atoms with E-state index in [1.165, 1.54) is 0 Å². The molecule has 0 spiro atoms. The summed E-state index contributed by atoms with van der Waals surface area (Å²) in [7, 11) is 0. The molecule has 0 amide bonds. The lowest BCUT2D eigenvalue weighted by atomic mass is 10.1. The molecular formula is C10H14N2O2S2. The normalized spacial score (nSPS) is 10.8. The average Bonchev–Trinajstić information content (AvgIpc) is 2.27. The van der Waals surface area contributed by atoms with Crippen LogP contribution in [0.25, 0.3) is 0 Å². The van der Waals surface area contributed by atoms with Crippen molar-refractivity contribution in [1.82, 2.24) is 0 Å². The number of hydrogen-bond acceptors (Lipinski definition) is 6. The number of aliphatic imine (C=N–C) groups is 2. The van der Waals surface area contributed by atoms with E-state index in [0.717, 1.165) is 12.8 Å². The summed E-state index contributed by atoms with van der Waals surface area (Å²) in [5.74, 6) is -0.349. The Bertz CT molecular complexity index is 308. The first-order valence-electron chi connectivity index (χ1n) is 5.03. The van der Waals surface area contributed by atoms with Crippen molar-refractivity contribution in [2.24, 2.45) is 9.98 Å². The third-order valence-electron chi connectivity index (χ3n) is 1.83. The Kier molecular flexibility index (Phi) is 9.97. The van der Waals surface area contributed by atoms with Crippen LogP contribution in [0.15, 0.2) is 9.98 Å². The third kappa shape index (κ3) is 7.37. The number of esters is 1. The van der Waals surface area contributed by atoms with E-state index in [0.29, 0.717) is 19.6 Å². The maximum absolute atomic E-state index is 11.4. The van der Waals surface area contributed by atoms with Crippen LogP contribution in [-0.4, -0.2) is 35.5 Å². The number of carbonyl (C=O) groups is 1. The number of rotatable bonds is 8. The molecule has 0 aliphatic rings. The first-order valence-corrected chi connectivity index (χ1v) is 5.85. The summed E-state index contributed by atoms with van der Waals surface area (Å²) in [6, 6.07) is -0.533. The lowest BCUT2D eigenvalue weighted by molar-refractivity contribution is -0.144. The van der Waals surface area contributed by atoms with Crippen LogP contribution in [-0.2, 0) is 9.53 Å². The van der Waals surface area contributed by atoms with Gasteiger partial charge in [0.05, 0.1) is 16.9 Å². The zero-order chi connectivity index (χ0) is 12.2. The van der Waals surface area contributed by atoms with Crippen molar-refractivity contribution in [2.75, 3.05) is 13.2 Å². The molecule has 0 saturated carbocycles. The molecule has 0 heterocycles. The van der Waals surface area contributed by atoms with Gasteiger partial charge < -0.3 is 4.74 Å². The molecule has 0 bridgehead atoms. The van der Waals surface area contributed by atoms with Gasteiger partial charge in [-0.3, -0.25) is 0 Å². The summed E-state index contributed by atoms with van der Waals surface area (Å²) >= 11 is 8.92. The smallest absolute Gasteiger partial charge is 0.331 e. The van der Waals surface area contributed by atoms with E-state index in [1.807, 2.05) is 0 Å². The minimum Gasteiger partial charge on any atom is -0.464 e. The van der Waals surface area contributed by atoms with E-state index in [2.05, 4.69) is 44.7 Å². The number of unbranched alkanes of at least 4 members (excludes halogenated alkanes) is 1. The van der Waals surface area contributed by atoms with Crippen molar-refractivity contribution in [2.45, 2.75) is 32.2 Å². The van der Waals surface area contributed by atoms with Crippen molar-refractivity contribution in [3.63, 3.8) is 0 Å². The molecule has 4 nitrogen and oxygen atoms in total. The summed E-state index contributed by atoms with van der Waals surface area (Å²) in [6.07, 6.45) is 2.24. The SMILES string of the molecule is CCOC(=O)[C@H](CCCCN=C=S)N=C=S. The van der Waals surface area contributed by atoms with Crippen molar-refractivity contribution in [3.8, 4) is 0 Å². The second-order valence-corrected chi connectivity index (χ2v) is 3.32. The van der Waals surface area contributed by atoms with E-state index in [9.17, 15) is 4.79 Å². The number of nitrogens with zero attached hydrogens (tertiary/aromatic N) is 2. The van der Waals surface area contributed by atoms with E-state index in [4.69, 9.17) is 4.74 Å². The fourth-order valence-electron chi connectivity index (χ4n) is 1.11. The van der Waals surface area contributed by atoms with Crippen molar-refractivity contribution in [1.29, 1.82) is 0 Å². The summed E-state index contributed by atoms with van der Waals surface area (Å²) < 4.78 is 4.86. The fourth-order valence-corrected chi connectivity index (χ4v) is 1.33. The molecule has 16 heavy (non-hydrogen) atoms. The Morgan fingerprint density at radius 2 is 2.12 bits per heavy atom. The van der Waals surface area contributed by atoms with Crippen molar-refractivity contribution < 1.29 is 9.53 Å². The summed E-state index contributed by atoms with van der Waals surface area (Å²) in [6.45, 7) is 2.72. The summed E-state index contributed by atoms with van der Waals surface area (Å²) in [5.41, 5.74) is 0. The highest BCUT2D eigenvalue weighted by molar-refractivity contribution is 7.78.